The van der Waals surface area contributed by atoms with Gasteiger partial charge in [-0.25, -0.2) is 14.2 Å². The van der Waals surface area contributed by atoms with Gasteiger partial charge in [-0.3, -0.25) is 4.79 Å². The molecule has 0 unspecified atom stereocenters. The smallest absolute Gasteiger partial charge is 0.264 e. The average Bonchev–Trinajstić information content (AvgIpc) is 3.45. The summed E-state index contributed by atoms with van der Waals surface area (Å²) >= 11 is 1.39. The molecule has 5 rings (SSSR count). The van der Waals surface area contributed by atoms with E-state index in [0.717, 1.165) is 34.5 Å². The van der Waals surface area contributed by atoms with Crippen LogP contribution in [0.3, 0.4) is 0 Å². The number of halogens is 1. The zero-order valence-corrected chi connectivity index (χ0v) is 18.0. The van der Waals surface area contributed by atoms with E-state index in [1.165, 1.54) is 23.5 Å². The molecule has 4 heterocycles. The fraction of sp³-hybridized carbons (Fsp3) is 0.208. The Hall–Kier alpha value is -3.54. The van der Waals surface area contributed by atoms with E-state index < -0.39 is 5.82 Å². The number of likely N-dealkylation sites (tertiary alicyclic amines) is 1. The number of aromatic nitrogens is 2. The Labute approximate surface area is 188 Å². The number of piperidine rings is 1. The minimum Gasteiger partial charge on any atom is -0.336 e. The summed E-state index contributed by atoms with van der Waals surface area (Å²) in [7, 11) is 0. The van der Waals surface area contributed by atoms with Crippen molar-refractivity contribution >= 4 is 28.6 Å². The van der Waals surface area contributed by atoms with E-state index in [2.05, 4.69) is 9.83 Å². The van der Waals surface area contributed by atoms with E-state index in [4.69, 9.17) is 12.3 Å². The van der Waals surface area contributed by atoms with E-state index in [9.17, 15) is 9.18 Å². The van der Waals surface area contributed by atoms with E-state index in [1.807, 2.05) is 35.0 Å². The number of benzene rings is 1. The maximum atomic E-state index is 14.4. The summed E-state index contributed by atoms with van der Waals surface area (Å²) in [6.45, 7) is 8.33. The number of carbonyl (C=O) groups is 1. The Balaban J connectivity index is 1.62. The molecule has 0 radical (unpaired) electrons. The standard InChI is InChI=1S/C24H20FN5OS/c1-27-20-5-4-15(11-19(20)25)18-13-21(24(31)30-8-2-3-17(26)14-30)32-23(18)16-6-9-29-10-7-28-22(29)12-16/h4-7,9-13,17H,2-3,8,14,26H2/t17-/m1/s1. The highest BCUT2D eigenvalue weighted by Crippen LogP contribution is 2.41. The first-order chi connectivity index (χ1) is 15.5. The second-order valence-electron chi connectivity index (χ2n) is 7.89. The largest absolute Gasteiger partial charge is 0.336 e. The van der Waals surface area contributed by atoms with Crippen molar-refractivity contribution in [3.8, 4) is 21.6 Å². The third kappa shape index (κ3) is 3.66. The molecular formula is C24H20FN5OS. The van der Waals surface area contributed by atoms with E-state index in [0.29, 0.717) is 23.5 Å². The van der Waals surface area contributed by atoms with Gasteiger partial charge < -0.3 is 15.0 Å². The number of fused-ring (bicyclic) bond motifs is 1. The molecule has 0 aliphatic carbocycles. The van der Waals surface area contributed by atoms with Crippen LogP contribution < -0.4 is 5.73 Å². The van der Waals surface area contributed by atoms with Gasteiger partial charge in [0.2, 0.25) is 5.69 Å². The lowest BCUT2D eigenvalue weighted by Gasteiger charge is -2.30. The number of carbonyl (C=O) groups excluding carboxylic acids is 1. The Bertz CT molecular complexity index is 1370. The van der Waals surface area contributed by atoms with Crippen LogP contribution in [-0.4, -0.2) is 39.3 Å². The maximum Gasteiger partial charge on any atom is 0.264 e. The summed E-state index contributed by atoms with van der Waals surface area (Å²) in [6.07, 6.45) is 7.30. The summed E-state index contributed by atoms with van der Waals surface area (Å²) in [5.41, 5.74) is 9.11. The van der Waals surface area contributed by atoms with Crippen LogP contribution in [0.5, 0.6) is 0 Å². The van der Waals surface area contributed by atoms with Crippen molar-refractivity contribution in [1.82, 2.24) is 14.3 Å². The summed E-state index contributed by atoms with van der Waals surface area (Å²) in [5.74, 6) is -0.633. The van der Waals surface area contributed by atoms with Crippen molar-refractivity contribution in [2.75, 3.05) is 13.1 Å². The predicted molar refractivity (Wildman–Crippen MR) is 123 cm³/mol. The molecule has 0 spiro atoms. The number of thiophene rings is 1. The van der Waals surface area contributed by atoms with E-state index in [-0.39, 0.29) is 17.6 Å². The molecule has 0 bridgehead atoms. The fourth-order valence-electron chi connectivity index (χ4n) is 4.09. The van der Waals surface area contributed by atoms with Gasteiger partial charge in [-0.2, -0.15) is 0 Å². The molecule has 1 saturated heterocycles. The summed E-state index contributed by atoms with van der Waals surface area (Å²) in [5, 5.41) is 0. The van der Waals surface area contributed by atoms with Crippen LogP contribution in [-0.2, 0) is 0 Å². The molecule has 1 amide bonds. The van der Waals surface area contributed by atoms with Crippen LogP contribution in [0.2, 0.25) is 0 Å². The lowest BCUT2D eigenvalue weighted by Crippen LogP contribution is -2.45. The van der Waals surface area contributed by atoms with Gasteiger partial charge in [0.15, 0.2) is 0 Å². The van der Waals surface area contributed by atoms with Crippen molar-refractivity contribution in [3.05, 3.63) is 77.1 Å². The zero-order valence-electron chi connectivity index (χ0n) is 17.2. The Kier molecular flexibility index (Phi) is 5.21. The van der Waals surface area contributed by atoms with Gasteiger partial charge in [0.05, 0.1) is 11.4 Å². The molecule has 0 saturated carbocycles. The van der Waals surface area contributed by atoms with Crippen LogP contribution in [0.4, 0.5) is 10.1 Å². The zero-order chi connectivity index (χ0) is 22.2. The molecule has 1 aliphatic heterocycles. The summed E-state index contributed by atoms with van der Waals surface area (Å²) in [4.78, 5) is 24.1. The average molecular weight is 446 g/mol. The van der Waals surface area contributed by atoms with E-state index in [1.54, 1.807) is 17.2 Å². The SMILES string of the molecule is [C-]#[N+]c1ccc(-c2cc(C(=O)N3CCC[C@@H](N)C3)sc2-c2ccn3ccnc3c2)cc1F. The number of pyridine rings is 1. The number of hydrogen-bond acceptors (Lipinski definition) is 4. The molecule has 1 fully saturated rings. The first-order valence-electron chi connectivity index (χ1n) is 10.3. The third-order valence-corrected chi connectivity index (χ3v) is 6.90. The number of nitrogens with zero attached hydrogens (tertiary/aromatic N) is 4. The Morgan fingerprint density at radius 1 is 1.22 bits per heavy atom. The molecular weight excluding hydrogens is 425 g/mol. The maximum absolute atomic E-state index is 14.4. The second kappa shape index (κ2) is 8.19. The second-order valence-corrected chi connectivity index (χ2v) is 8.95. The van der Waals surface area contributed by atoms with Crippen LogP contribution in [0, 0.1) is 12.4 Å². The first-order valence-corrected chi connectivity index (χ1v) is 11.1. The number of rotatable bonds is 3. The molecule has 160 valence electrons. The number of amides is 1. The Morgan fingerprint density at radius 2 is 2.09 bits per heavy atom. The molecule has 32 heavy (non-hydrogen) atoms. The molecule has 4 aromatic rings. The molecule has 2 N–H and O–H groups in total. The van der Waals surface area contributed by atoms with Gasteiger partial charge in [0.1, 0.15) is 11.5 Å². The summed E-state index contributed by atoms with van der Waals surface area (Å²) < 4.78 is 16.3. The van der Waals surface area contributed by atoms with E-state index >= 15 is 0 Å². The Morgan fingerprint density at radius 3 is 2.88 bits per heavy atom. The van der Waals surface area contributed by atoms with Crippen molar-refractivity contribution in [1.29, 1.82) is 0 Å². The number of imidazole rings is 1. The van der Waals surface area contributed by atoms with Crippen LogP contribution in [0.25, 0.3) is 32.1 Å². The molecule has 8 heteroatoms. The monoisotopic (exact) mass is 445 g/mol. The quantitative estimate of drug-likeness (QED) is 0.452. The fourth-order valence-corrected chi connectivity index (χ4v) is 5.24. The first kappa shape index (κ1) is 20.4. The van der Waals surface area contributed by atoms with Gasteiger partial charge in [0.25, 0.3) is 5.91 Å². The highest BCUT2D eigenvalue weighted by Gasteiger charge is 2.25. The van der Waals surface area contributed by atoms with Gasteiger partial charge in [-0.15, -0.1) is 11.3 Å². The van der Waals surface area contributed by atoms with Crippen LogP contribution >= 0.6 is 11.3 Å². The van der Waals surface area contributed by atoms with Gasteiger partial charge in [-0.05, 0) is 48.2 Å². The van der Waals surface area contributed by atoms with Gasteiger partial charge >= 0.3 is 0 Å². The van der Waals surface area contributed by atoms with Crippen molar-refractivity contribution in [3.63, 3.8) is 0 Å². The van der Waals surface area contributed by atoms with Gasteiger partial charge in [0, 0.05) is 48.2 Å². The summed E-state index contributed by atoms with van der Waals surface area (Å²) in [6, 6.07) is 10.3. The highest BCUT2D eigenvalue weighted by molar-refractivity contribution is 7.18. The van der Waals surface area contributed by atoms with Crippen molar-refractivity contribution in [2.24, 2.45) is 5.73 Å². The van der Waals surface area contributed by atoms with Crippen LogP contribution in [0.15, 0.2) is 55.0 Å². The highest BCUT2D eigenvalue weighted by atomic mass is 32.1. The van der Waals surface area contributed by atoms with Crippen molar-refractivity contribution in [2.45, 2.75) is 18.9 Å². The normalized spacial score (nSPS) is 16.3. The lowest BCUT2D eigenvalue weighted by atomic mass is 10.0. The topological polar surface area (TPSA) is 68.0 Å². The number of hydrogen-bond donors (Lipinski definition) is 1. The molecule has 1 atom stereocenters. The van der Waals surface area contributed by atoms with Gasteiger partial charge in [-0.1, -0.05) is 12.1 Å². The lowest BCUT2D eigenvalue weighted by molar-refractivity contribution is 0.0714. The number of nitrogens with two attached hydrogens (primary N) is 1. The van der Waals surface area contributed by atoms with Crippen LogP contribution in [0.1, 0.15) is 22.5 Å². The minimum absolute atomic E-state index is 0.00953. The molecule has 3 aromatic heterocycles. The molecule has 1 aliphatic rings. The van der Waals surface area contributed by atoms with Crippen molar-refractivity contribution < 1.29 is 9.18 Å². The third-order valence-electron chi connectivity index (χ3n) is 5.73. The molecule has 6 nitrogen and oxygen atoms in total. The predicted octanol–water partition coefficient (Wildman–Crippen LogP) is 4.98. The molecule has 1 aromatic carbocycles. The minimum atomic E-state index is -0.576.